The number of carbonyl (C=O) groups excluding carboxylic acids is 1. The molecule has 0 saturated heterocycles. The average Bonchev–Trinajstić information content (AvgIpc) is 2.40. The number of anilines is 1. The fourth-order valence-electron chi connectivity index (χ4n) is 1.47. The van der Waals surface area contributed by atoms with Gasteiger partial charge in [0.2, 0.25) is 0 Å². The van der Waals surface area contributed by atoms with E-state index in [0.717, 1.165) is 18.9 Å². The fraction of sp³-hybridized carbons (Fsp3) is 0.286. The van der Waals surface area contributed by atoms with E-state index in [0.29, 0.717) is 13.0 Å². The maximum atomic E-state index is 13.5. The zero-order valence-electron chi connectivity index (χ0n) is 10.8. The van der Waals surface area contributed by atoms with Crippen molar-refractivity contribution in [1.29, 1.82) is 0 Å². The number of urea groups is 1. The first-order valence-corrected chi connectivity index (χ1v) is 6.05. The summed E-state index contributed by atoms with van der Waals surface area (Å²) in [4.78, 5) is 22.1. The van der Waals surface area contributed by atoms with E-state index in [9.17, 15) is 14.0 Å². The quantitative estimate of drug-likeness (QED) is 0.552. The molecule has 0 fully saturated rings. The summed E-state index contributed by atoms with van der Waals surface area (Å²) in [5.74, 6) is 0.465. The highest BCUT2D eigenvalue weighted by atomic mass is 19.1. The number of hydrogen-bond donors (Lipinski definition) is 3. The molecule has 0 unspecified atom stereocenters. The molecule has 3 N–H and O–H groups in total. The molecule has 2 amide bonds. The monoisotopic (exact) mass is 278 g/mol. The molecule has 0 aliphatic heterocycles. The zero-order valence-corrected chi connectivity index (χ0v) is 10.8. The van der Waals surface area contributed by atoms with Crippen molar-refractivity contribution in [1.82, 2.24) is 5.32 Å². The smallest absolute Gasteiger partial charge is 0.335 e. The van der Waals surface area contributed by atoms with Crippen molar-refractivity contribution >= 4 is 17.7 Å². The van der Waals surface area contributed by atoms with E-state index in [1.165, 1.54) is 12.1 Å². The summed E-state index contributed by atoms with van der Waals surface area (Å²) in [7, 11) is 0. The number of nitrogens with one attached hydrogen (secondary N) is 2. The number of amides is 2. The third kappa shape index (κ3) is 4.98. The van der Waals surface area contributed by atoms with Crippen molar-refractivity contribution in [3.8, 4) is 12.3 Å². The van der Waals surface area contributed by atoms with Gasteiger partial charge in [0.1, 0.15) is 5.82 Å². The van der Waals surface area contributed by atoms with Crippen LogP contribution in [0.25, 0.3) is 0 Å². The minimum Gasteiger partial charge on any atom is -0.478 e. The summed E-state index contributed by atoms with van der Waals surface area (Å²) in [6, 6.07) is 2.72. The van der Waals surface area contributed by atoms with Crippen molar-refractivity contribution < 1.29 is 19.1 Å². The average molecular weight is 278 g/mol. The summed E-state index contributed by atoms with van der Waals surface area (Å²) < 4.78 is 13.5. The van der Waals surface area contributed by atoms with Gasteiger partial charge in [-0.15, -0.1) is 12.3 Å². The van der Waals surface area contributed by atoms with Crippen LogP contribution in [0.4, 0.5) is 14.9 Å². The van der Waals surface area contributed by atoms with E-state index < -0.39 is 17.8 Å². The van der Waals surface area contributed by atoms with E-state index in [-0.39, 0.29) is 11.3 Å². The Hall–Kier alpha value is -2.55. The Morgan fingerprint density at radius 3 is 2.70 bits per heavy atom. The highest BCUT2D eigenvalue weighted by Gasteiger charge is 2.10. The Morgan fingerprint density at radius 2 is 2.10 bits per heavy atom. The van der Waals surface area contributed by atoms with Gasteiger partial charge < -0.3 is 15.7 Å². The number of unbranched alkanes of at least 4 members (excludes halogenated alkanes) is 2. The second-order valence-electron chi connectivity index (χ2n) is 4.04. The Labute approximate surface area is 116 Å². The number of carboxylic acids is 1. The Bertz CT molecular complexity index is 538. The minimum atomic E-state index is -1.23. The predicted molar refractivity (Wildman–Crippen MR) is 73.1 cm³/mol. The van der Waals surface area contributed by atoms with Crippen molar-refractivity contribution in [3.05, 3.63) is 29.6 Å². The van der Waals surface area contributed by atoms with E-state index in [4.69, 9.17) is 11.5 Å². The minimum absolute atomic E-state index is 0.0730. The molecule has 106 valence electrons. The van der Waals surface area contributed by atoms with Gasteiger partial charge in [0.25, 0.3) is 0 Å². The second-order valence-corrected chi connectivity index (χ2v) is 4.04. The lowest BCUT2D eigenvalue weighted by Gasteiger charge is -2.08. The van der Waals surface area contributed by atoms with Gasteiger partial charge in [-0.25, -0.2) is 14.0 Å². The molecule has 0 aliphatic carbocycles. The van der Waals surface area contributed by atoms with Gasteiger partial charge in [-0.2, -0.15) is 0 Å². The van der Waals surface area contributed by atoms with Crippen LogP contribution in [0.15, 0.2) is 18.2 Å². The number of halogens is 1. The first-order chi connectivity index (χ1) is 9.54. The molecule has 0 bridgehead atoms. The molecule has 0 heterocycles. The standard InChI is InChI=1S/C14H15FN2O3/c1-2-3-4-5-8-16-14(20)17-12-7-6-10(13(18)19)9-11(12)15/h1,6-7,9H,3-5,8H2,(H,18,19)(H2,16,17,20). The van der Waals surface area contributed by atoms with Crippen LogP contribution in [0.1, 0.15) is 29.6 Å². The van der Waals surface area contributed by atoms with Crippen LogP contribution in [0.2, 0.25) is 0 Å². The number of terminal acetylenes is 1. The Balaban J connectivity index is 2.46. The van der Waals surface area contributed by atoms with Crippen LogP contribution >= 0.6 is 0 Å². The molecule has 6 heteroatoms. The van der Waals surface area contributed by atoms with Gasteiger partial charge in [-0.1, -0.05) is 0 Å². The highest BCUT2D eigenvalue weighted by molar-refractivity contribution is 5.91. The van der Waals surface area contributed by atoms with Gasteiger partial charge in [-0.3, -0.25) is 0 Å². The lowest BCUT2D eigenvalue weighted by molar-refractivity contribution is 0.0696. The van der Waals surface area contributed by atoms with Gasteiger partial charge in [0.15, 0.2) is 0 Å². The van der Waals surface area contributed by atoms with E-state index >= 15 is 0 Å². The first-order valence-electron chi connectivity index (χ1n) is 6.05. The molecule has 5 nitrogen and oxygen atoms in total. The normalized spacial score (nSPS) is 9.60. The first kappa shape index (κ1) is 15.5. The van der Waals surface area contributed by atoms with Gasteiger partial charge >= 0.3 is 12.0 Å². The molecule has 0 aromatic heterocycles. The third-order valence-electron chi connectivity index (χ3n) is 2.50. The van der Waals surface area contributed by atoms with Crippen LogP contribution in [0.3, 0.4) is 0 Å². The van der Waals surface area contributed by atoms with Crippen molar-refractivity contribution in [2.75, 3.05) is 11.9 Å². The predicted octanol–water partition coefficient (Wildman–Crippen LogP) is 2.45. The third-order valence-corrected chi connectivity index (χ3v) is 2.50. The molecule has 0 radical (unpaired) electrons. The number of carboxylic acid groups (broad SMARTS) is 1. The lowest BCUT2D eigenvalue weighted by Crippen LogP contribution is -2.29. The van der Waals surface area contributed by atoms with Crippen molar-refractivity contribution in [2.45, 2.75) is 19.3 Å². The zero-order chi connectivity index (χ0) is 15.0. The topological polar surface area (TPSA) is 78.4 Å². The summed E-state index contributed by atoms with van der Waals surface area (Å²) in [6.45, 7) is 0.433. The molecule has 20 heavy (non-hydrogen) atoms. The summed E-state index contributed by atoms with van der Waals surface area (Å²) in [6.07, 6.45) is 7.28. The van der Waals surface area contributed by atoms with Crippen LogP contribution in [-0.2, 0) is 0 Å². The molecular formula is C14H15FN2O3. The Kier molecular flexibility index (Phi) is 6.04. The van der Waals surface area contributed by atoms with Crippen LogP contribution in [-0.4, -0.2) is 23.7 Å². The van der Waals surface area contributed by atoms with Gasteiger partial charge in [0.05, 0.1) is 11.3 Å². The number of aromatic carboxylic acids is 1. The number of benzene rings is 1. The fourth-order valence-corrected chi connectivity index (χ4v) is 1.47. The molecule has 0 saturated carbocycles. The molecule has 0 atom stereocenters. The second kappa shape index (κ2) is 7.79. The number of hydrogen-bond acceptors (Lipinski definition) is 2. The summed E-state index contributed by atoms with van der Waals surface area (Å²) in [5.41, 5.74) is -0.251. The number of carbonyl (C=O) groups is 2. The summed E-state index contributed by atoms with van der Waals surface area (Å²) >= 11 is 0. The van der Waals surface area contributed by atoms with Crippen molar-refractivity contribution in [3.63, 3.8) is 0 Å². The summed E-state index contributed by atoms with van der Waals surface area (Å²) in [5, 5.41) is 13.6. The SMILES string of the molecule is C#CCCCCNC(=O)Nc1ccc(C(=O)O)cc1F. The molecule has 0 spiro atoms. The van der Waals surface area contributed by atoms with Crippen LogP contribution in [0.5, 0.6) is 0 Å². The molecule has 1 aromatic carbocycles. The van der Waals surface area contributed by atoms with Gasteiger partial charge in [0, 0.05) is 13.0 Å². The molecule has 1 rings (SSSR count). The van der Waals surface area contributed by atoms with Gasteiger partial charge in [-0.05, 0) is 31.0 Å². The van der Waals surface area contributed by atoms with Crippen molar-refractivity contribution in [2.24, 2.45) is 0 Å². The van der Waals surface area contributed by atoms with E-state index in [2.05, 4.69) is 16.6 Å². The highest BCUT2D eigenvalue weighted by Crippen LogP contribution is 2.15. The maximum Gasteiger partial charge on any atom is 0.335 e. The molecular weight excluding hydrogens is 263 g/mol. The lowest BCUT2D eigenvalue weighted by atomic mass is 10.2. The Morgan fingerprint density at radius 1 is 1.35 bits per heavy atom. The van der Waals surface area contributed by atoms with E-state index in [1.54, 1.807) is 0 Å². The number of rotatable bonds is 6. The molecule has 1 aromatic rings. The maximum absolute atomic E-state index is 13.5. The van der Waals surface area contributed by atoms with E-state index in [1.807, 2.05) is 0 Å². The van der Waals surface area contributed by atoms with Crippen LogP contribution < -0.4 is 10.6 Å². The van der Waals surface area contributed by atoms with Crippen LogP contribution in [0, 0.1) is 18.2 Å². The molecule has 0 aliphatic rings. The largest absolute Gasteiger partial charge is 0.478 e.